The topological polar surface area (TPSA) is 16.4 Å². The van der Waals surface area contributed by atoms with Crippen molar-refractivity contribution in [3.63, 3.8) is 0 Å². The maximum Gasteiger partial charge on any atom is 0.136 e. The lowest BCUT2D eigenvalue weighted by atomic mass is 9.84. The number of aryl methyl sites for hydroxylation is 1. The molecule has 1 unspecified atom stereocenters. The number of hydrogen-bond acceptors (Lipinski definition) is 3. The number of para-hydroxylation sites is 2. The average Bonchev–Trinajstić information content (AvgIpc) is 3.87. The summed E-state index contributed by atoms with van der Waals surface area (Å²) in [5.74, 6) is 0.338. The van der Waals surface area contributed by atoms with E-state index in [1.54, 1.807) is 0 Å². The minimum absolute atomic E-state index is 0.338. The van der Waals surface area contributed by atoms with Crippen LogP contribution < -0.4 is 4.90 Å². The summed E-state index contributed by atoms with van der Waals surface area (Å²) in [4.78, 5) is 2.42. The van der Waals surface area contributed by atoms with Crippen molar-refractivity contribution >= 4 is 92.1 Å². The lowest BCUT2D eigenvalue weighted by Crippen LogP contribution is -2.11. The van der Waals surface area contributed by atoms with Gasteiger partial charge in [0.2, 0.25) is 0 Å². The molecule has 0 saturated heterocycles. The summed E-state index contributed by atoms with van der Waals surface area (Å²) in [6.45, 7) is 0. The van der Waals surface area contributed by atoms with E-state index in [1.165, 1.54) is 97.1 Å². The van der Waals surface area contributed by atoms with Gasteiger partial charge in [-0.25, -0.2) is 0 Å². The van der Waals surface area contributed by atoms with Gasteiger partial charge in [0.1, 0.15) is 11.2 Å². The molecule has 2 nitrogen and oxygen atoms in total. The first-order valence-corrected chi connectivity index (χ1v) is 22.9. The van der Waals surface area contributed by atoms with Crippen LogP contribution in [0.4, 0.5) is 17.1 Å². The van der Waals surface area contributed by atoms with Crippen LogP contribution in [0.1, 0.15) is 29.0 Å². The van der Waals surface area contributed by atoms with Gasteiger partial charge < -0.3 is 9.32 Å². The Bertz CT molecular complexity index is 3730. The highest BCUT2D eigenvalue weighted by Crippen LogP contribution is 2.52. The highest BCUT2D eigenvalue weighted by molar-refractivity contribution is 7.26. The molecule has 298 valence electrons. The van der Waals surface area contributed by atoms with E-state index in [9.17, 15) is 0 Å². The van der Waals surface area contributed by atoms with Crippen LogP contribution in [0.3, 0.4) is 0 Å². The average molecular weight is 824 g/mol. The molecule has 10 aromatic carbocycles. The van der Waals surface area contributed by atoms with Crippen molar-refractivity contribution in [2.24, 2.45) is 0 Å². The van der Waals surface area contributed by atoms with Crippen molar-refractivity contribution in [1.29, 1.82) is 0 Å². The Kier molecular flexibility index (Phi) is 8.38. The molecule has 2 aromatic heterocycles. The van der Waals surface area contributed by atoms with Crippen LogP contribution in [-0.2, 0) is 12.8 Å². The Morgan fingerprint density at radius 2 is 1.16 bits per heavy atom. The fourth-order valence-corrected chi connectivity index (χ4v) is 11.9. The number of nitrogens with zero attached hydrogens (tertiary/aromatic N) is 1. The smallest absolute Gasteiger partial charge is 0.136 e. The minimum atomic E-state index is 0.338. The second-order valence-corrected chi connectivity index (χ2v) is 18.1. The Morgan fingerprint density at radius 1 is 0.492 bits per heavy atom. The number of fused-ring (bicyclic) bond motifs is 12. The number of rotatable bonds is 6. The highest BCUT2D eigenvalue weighted by Gasteiger charge is 2.29. The molecule has 0 amide bonds. The van der Waals surface area contributed by atoms with Crippen LogP contribution in [0, 0.1) is 0 Å². The number of furan rings is 1. The van der Waals surface area contributed by atoms with E-state index >= 15 is 0 Å². The molecule has 2 heterocycles. The summed E-state index contributed by atoms with van der Waals surface area (Å²) < 4.78 is 9.39. The van der Waals surface area contributed by atoms with Gasteiger partial charge in [-0.05, 0) is 118 Å². The number of thiophene rings is 1. The van der Waals surface area contributed by atoms with Gasteiger partial charge in [0.25, 0.3) is 0 Å². The van der Waals surface area contributed by atoms with Gasteiger partial charge >= 0.3 is 0 Å². The highest BCUT2D eigenvalue weighted by atomic mass is 32.1. The zero-order valence-corrected chi connectivity index (χ0v) is 35.4. The fourth-order valence-electron chi connectivity index (χ4n) is 10.7. The molecular formula is C60H41NOS. The van der Waals surface area contributed by atoms with Crippen LogP contribution in [0.25, 0.3) is 85.9 Å². The molecular weight excluding hydrogens is 783 g/mol. The molecule has 13 rings (SSSR count). The second-order valence-electron chi connectivity index (χ2n) is 17.1. The summed E-state index contributed by atoms with van der Waals surface area (Å²) in [6, 6.07) is 76.0. The summed E-state index contributed by atoms with van der Waals surface area (Å²) in [5, 5.41) is 10.0. The fraction of sp³-hybridized carbons (Fsp3) is 0.0667. The first-order chi connectivity index (χ1) is 31.2. The number of hydrogen-bond donors (Lipinski definition) is 0. The van der Waals surface area contributed by atoms with Gasteiger partial charge in [-0.2, -0.15) is 0 Å². The van der Waals surface area contributed by atoms with Crippen LogP contribution >= 0.6 is 11.3 Å². The van der Waals surface area contributed by atoms with E-state index in [1.807, 2.05) is 11.3 Å². The predicted octanol–water partition coefficient (Wildman–Crippen LogP) is 17.3. The Morgan fingerprint density at radius 3 is 2.03 bits per heavy atom. The van der Waals surface area contributed by atoms with Crippen molar-refractivity contribution in [3.05, 3.63) is 223 Å². The van der Waals surface area contributed by atoms with Gasteiger partial charge in [0, 0.05) is 58.8 Å². The third-order valence-electron chi connectivity index (χ3n) is 13.5. The molecule has 1 atom stereocenters. The summed E-state index contributed by atoms with van der Waals surface area (Å²) in [6.07, 6.45) is 2.96. The largest absolute Gasteiger partial charge is 0.456 e. The van der Waals surface area contributed by atoms with Gasteiger partial charge in [-0.1, -0.05) is 158 Å². The molecule has 3 heteroatoms. The van der Waals surface area contributed by atoms with Crippen molar-refractivity contribution in [2.75, 3.05) is 4.90 Å². The molecule has 1 aliphatic carbocycles. The van der Waals surface area contributed by atoms with Crippen LogP contribution in [0.2, 0.25) is 0 Å². The summed E-state index contributed by atoms with van der Waals surface area (Å²) >= 11 is 1.91. The SMILES string of the molecule is c1ccc(N(c2ccc(CC3CCc4cc5oc6ccccc6c5c(-c5cccc6c5sc5ccccc56)c4-c4ccccc43)cc2)c2cc3ccccc3c3ccccc23)cc1. The Hall–Kier alpha value is -7.46. The van der Waals surface area contributed by atoms with Crippen LogP contribution in [-0.4, -0.2) is 0 Å². The minimum Gasteiger partial charge on any atom is -0.456 e. The van der Waals surface area contributed by atoms with Crippen molar-refractivity contribution in [2.45, 2.75) is 25.2 Å². The van der Waals surface area contributed by atoms with Gasteiger partial charge in [-0.3, -0.25) is 0 Å². The normalized spacial score (nSPS) is 13.8. The molecule has 0 bridgehead atoms. The lowest BCUT2D eigenvalue weighted by Gasteiger charge is -2.28. The van der Waals surface area contributed by atoms with Crippen molar-refractivity contribution in [1.82, 2.24) is 0 Å². The third-order valence-corrected chi connectivity index (χ3v) is 14.8. The quantitative estimate of drug-likeness (QED) is 0.155. The zero-order chi connectivity index (χ0) is 41.4. The first-order valence-electron chi connectivity index (χ1n) is 22.1. The molecule has 63 heavy (non-hydrogen) atoms. The second kappa shape index (κ2) is 14.6. The number of benzene rings is 10. The van der Waals surface area contributed by atoms with Crippen LogP contribution in [0.15, 0.2) is 211 Å². The molecule has 0 saturated carbocycles. The molecule has 0 radical (unpaired) electrons. The lowest BCUT2D eigenvalue weighted by molar-refractivity contribution is 0.627. The molecule has 0 spiro atoms. The van der Waals surface area contributed by atoms with E-state index < -0.39 is 0 Å². The van der Waals surface area contributed by atoms with Crippen molar-refractivity contribution in [3.8, 4) is 22.3 Å². The van der Waals surface area contributed by atoms with E-state index in [4.69, 9.17) is 4.42 Å². The molecule has 1 aliphatic rings. The zero-order valence-electron chi connectivity index (χ0n) is 34.6. The summed E-state index contributed by atoms with van der Waals surface area (Å²) in [7, 11) is 0. The van der Waals surface area contributed by atoms with E-state index in [0.717, 1.165) is 41.8 Å². The molecule has 0 fully saturated rings. The molecule has 0 N–H and O–H groups in total. The van der Waals surface area contributed by atoms with E-state index in [-0.39, 0.29) is 0 Å². The summed E-state index contributed by atoms with van der Waals surface area (Å²) in [5.41, 5.74) is 14.8. The van der Waals surface area contributed by atoms with Gasteiger partial charge in [0.05, 0.1) is 5.69 Å². The van der Waals surface area contributed by atoms with Gasteiger partial charge in [-0.15, -0.1) is 11.3 Å². The standard InChI is InChI=1S/C60H41NOS/c1-2-16-42(17-3-1)61(53-36-39-15-4-5-18-44(39)46-20-7-8-21-47(46)53)43-33-29-38(30-34-43)35-40-31-32-41-37-55-58(51-24-10-12-27-54(51)62-55)59(57(41)49-23-9-6-19-45(40)49)52-26-14-25-50-48-22-11-13-28-56(48)63-60(50)52/h1-30,33-34,36-37,40H,31-32,35H2. The van der Waals surface area contributed by atoms with Crippen LogP contribution in [0.5, 0.6) is 0 Å². The third kappa shape index (κ3) is 5.84. The van der Waals surface area contributed by atoms with Gasteiger partial charge in [0.15, 0.2) is 0 Å². The van der Waals surface area contributed by atoms with E-state index in [0.29, 0.717) is 5.92 Å². The van der Waals surface area contributed by atoms with E-state index in [2.05, 4.69) is 211 Å². The first kappa shape index (κ1) is 36.2. The predicted molar refractivity (Wildman–Crippen MR) is 268 cm³/mol. The maximum atomic E-state index is 6.74. The molecule has 0 aliphatic heterocycles. The molecule has 12 aromatic rings. The Balaban J connectivity index is 0.937. The maximum absolute atomic E-state index is 6.74. The Labute approximate surface area is 369 Å². The number of anilines is 3. The monoisotopic (exact) mass is 823 g/mol. The van der Waals surface area contributed by atoms with Crippen molar-refractivity contribution < 1.29 is 4.42 Å².